The van der Waals surface area contributed by atoms with Crippen LogP contribution in [0.2, 0.25) is 0 Å². The fourth-order valence-corrected chi connectivity index (χ4v) is 3.48. The summed E-state index contributed by atoms with van der Waals surface area (Å²) in [5.74, 6) is 3.27. The van der Waals surface area contributed by atoms with Crippen molar-refractivity contribution >= 4 is 5.78 Å². The first-order valence-corrected chi connectivity index (χ1v) is 6.39. The summed E-state index contributed by atoms with van der Waals surface area (Å²) < 4.78 is 0. The highest BCUT2D eigenvalue weighted by atomic mass is 16.1. The van der Waals surface area contributed by atoms with Crippen LogP contribution >= 0.6 is 0 Å². The minimum Gasteiger partial charge on any atom is -0.299 e. The van der Waals surface area contributed by atoms with E-state index in [-0.39, 0.29) is 0 Å². The quantitative estimate of drug-likeness (QED) is 0.692. The third kappa shape index (κ3) is 2.60. The van der Waals surface area contributed by atoms with Crippen LogP contribution in [0.1, 0.15) is 39.0 Å². The molecule has 0 amide bonds. The molecule has 2 fully saturated rings. The minimum atomic E-state index is 0.376. The predicted octanol–water partition coefficient (Wildman–Crippen LogP) is 2.33. The molecule has 2 heteroatoms. The number of fused-ring (bicyclic) bond motifs is 2. The summed E-state index contributed by atoms with van der Waals surface area (Å²) in [5.41, 5.74) is 0. The molecule has 0 aliphatic heterocycles. The highest BCUT2D eigenvalue weighted by molar-refractivity contribution is 5.80. The van der Waals surface area contributed by atoms with E-state index in [4.69, 9.17) is 0 Å². The highest BCUT2D eigenvalue weighted by Crippen LogP contribution is 2.48. The van der Waals surface area contributed by atoms with Crippen molar-refractivity contribution in [1.29, 1.82) is 0 Å². The van der Waals surface area contributed by atoms with E-state index < -0.39 is 0 Å². The Morgan fingerprint density at radius 1 is 1.33 bits per heavy atom. The Kier molecular flexibility index (Phi) is 3.45. The van der Waals surface area contributed by atoms with Gasteiger partial charge in [-0.3, -0.25) is 9.69 Å². The van der Waals surface area contributed by atoms with Gasteiger partial charge in [0.2, 0.25) is 0 Å². The third-order valence-electron chi connectivity index (χ3n) is 4.27. The van der Waals surface area contributed by atoms with E-state index >= 15 is 0 Å². The van der Waals surface area contributed by atoms with Crippen molar-refractivity contribution < 1.29 is 4.79 Å². The molecule has 2 rings (SSSR count). The van der Waals surface area contributed by atoms with E-state index in [1.54, 1.807) is 0 Å². The van der Waals surface area contributed by atoms with Gasteiger partial charge in [-0.2, -0.15) is 0 Å². The van der Waals surface area contributed by atoms with Crippen molar-refractivity contribution in [2.24, 2.45) is 17.8 Å². The highest BCUT2D eigenvalue weighted by Gasteiger charge is 2.39. The van der Waals surface area contributed by atoms with Crippen LogP contribution in [0.4, 0.5) is 0 Å². The number of ketones is 1. The van der Waals surface area contributed by atoms with Crippen molar-refractivity contribution in [3.8, 4) is 0 Å². The van der Waals surface area contributed by atoms with Gasteiger partial charge in [0.05, 0.1) is 6.54 Å². The van der Waals surface area contributed by atoms with E-state index in [0.29, 0.717) is 18.7 Å². The van der Waals surface area contributed by atoms with Gasteiger partial charge in [0.15, 0.2) is 0 Å². The van der Waals surface area contributed by atoms with Crippen molar-refractivity contribution in [2.45, 2.75) is 39.0 Å². The first-order valence-electron chi connectivity index (χ1n) is 6.39. The fraction of sp³-hybridized carbons (Fsp3) is 0.923. The average molecular weight is 209 g/mol. The van der Waals surface area contributed by atoms with Crippen LogP contribution in [-0.4, -0.2) is 30.8 Å². The zero-order chi connectivity index (χ0) is 10.8. The van der Waals surface area contributed by atoms with Crippen LogP contribution in [0.25, 0.3) is 0 Å². The molecule has 2 bridgehead atoms. The fourth-order valence-electron chi connectivity index (χ4n) is 3.48. The largest absolute Gasteiger partial charge is 0.299 e. The van der Waals surface area contributed by atoms with E-state index in [2.05, 4.69) is 11.9 Å². The Morgan fingerprint density at radius 3 is 2.67 bits per heavy atom. The maximum Gasteiger partial charge on any atom is 0.146 e. The molecule has 0 radical (unpaired) electrons. The lowest BCUT2D eigenvalue weighted by molar-refractivity contribution is -0.119. The molecule has 3 unspecified atom stereocenters. The van der Waals surface area contributed by atoms with Gasteiger partial charge in [0, 0.05) is 13.0 Å². The van der Waals surface area contributed by atoms with Gasteiger partial charge >= 0.3 is 0 Å². The topological polar surface area (TPSA) is 20.3 Å². The Hall–Kier alpha value is -0.370. The molecule has 0 N–H and O–H groups in total. The molecule has 2 nitrogen and oxygen atoms in total. The van der Waals surface area contributed by atoms with Gasteiger partial charge in [-0.05, 0) is 44.1 Å². The second-order valence-corrected chi connectivity index (χ2v) is 5.52. The molecular formula is C13H23NO. The van der Waals surface area contributed by atoms with Crippen LogP contribution < -0.4 is 0 Å². The second kappa shape index (κ2) is 4.65. The first kappa shape index (κ1) is 11.1. The van der Waals surface area contributed by atoms with Gasteiger partial charge in [0.25, 0.3) is 0 Å². The average Bonchev–Trinajstić information content (AvgIpc) is 2.78. The van der Waals surface area contributed by atoms with Crippen LogP contribution in [0.15, 0.2) is 0 Å². The number of carbonyl (C=O) groups is 1. The van der Waals surface area contributed by atoms with E-state index in [1.165, 1.54) is 25.7 Å². The molecule has 0 aromatic carbocycles. The summed E-state index contributed by atoms with van der Waals surface area (Å²) in [6, 6.07) is 0. The molecule has 0 aromatic rings. The maximum atomic E-state index is 11.3. The molecule has 86 valence electrons. The zero-order valence-corrected chi connectivity index (χ0v) is 10.0. The summed E-state index contributed by atoms with van der Waals surface area (Å²) in [5, 5.41) is 0. The number of likely N-dealkylation sites (N-methyl/N-ethyl adjacent to an activating group) is 1. The first-order chi connectivity index (χ1) is 7.19. The maximum absolute atomic E-state index is 11.3. The number of nitrogens with zero attached hydrogens (tertiary/aromatic N) is 1. The van der Waals surface area contributed by atoms with Crippen molar-refractivity contribution in [1.82, 2.24) is 4.90 Å². The lowest BCUT2D eigenvalue weighted by Gasteiger charge is -2.26. The number of hydrogen-bond donors (Lipinski definition) is 0. The molecule has 2 aliphatic rings. The Labute approximate surface area is 93.0 Å². The minimum absolute atomic E-state index is 0.376. The van der Waals surface area contributed by atoms with E-state index in [9.17, 15) is 4.79 Å². The van der Waals surface area contributed by atoms with Crippen LogP contribution in [0.5, 0.6) is 0 Å². The van der Waals surface area contributed by atoms with Crippen molar-refractivity contribution in [3.05, 3.63) is 0 Å². The number of Topliss-reactive ketones (excluding diaryl/α,β-unsaturated/α-hetero) is 1. The molecule has 0 spiro atoms. The summed E-state index contributed by atoms with van der Waals surface area (Å²) in [4.78, 5) is 13.5. The number of rotatable bonds is 5. The summed E-state index contributed by atoms with van der Waals surface area (Å²) in [7, 11) is 2.10. The van der Waals surface area contributed by atoms with Crippen LogP contribution in [0.3, 0.4) is 0 Å². The monoisotopic (exact) mass is 209 g/mol. The molecular weight excluding hydrogens is 186 g/mol. The SMILES string of the molecule is CCC(=O)CN(C)CC1CC2CCC1C2. The van der Waals surface area contributed by atoms with E-state index in [1.807, 2.05) is 6.92 Å². The van der Waals surface area contributed by atoms with Gasteiger partial charge < -0.3 is 0 Å². The molecule has 15 heavy (non-hydrogen) atoms. The predicted molar refractivity (Wildman–Crippen MR) is 61.7 cm³/mol. The Morgan fingerprint density at radius 2 is 2.13 bits per heavy atom. The lowest BCUT2D eigenvalue weighted by Crippen LogP contribution is -2.32. The lowest BCUT2D eigenvalue weighted by atomic mass is 9.88. The van der Waals surface area contributed by atoms with Crippen molar-refractivity contribution in [2.75, 3.05) is 20.1 Å². The summed E-state index contributed by atoms with van der Waals surface area (Å²) in [6.45, 7) is 3.75. The molecule has 0 heterocycles. The van der Waals surface area contributed by atoms with Gasteiger partial charge in [0.1, 0.15) is 5.78 Å². The smallest absolute Gasteiger partial charge is 0.146 e. The second-order valence-electron chi connectivity index (χ2n) is 5.52. The molecule has 2 aliphatic carbocycles. The Bertz CT molecular complexity index is 239. The van der Waals surface area contributed by atoms with Gasteiger partial charge in [-0.1, -0.05) is 13.3 Å². The van der Waals surface area contributed by atoms with Crippen LogP contribution in [-0.2, 0) is 4.79 Å². The summed E-state index contributed by atoms with van der Waals surface area (Å²) >= 11 is 0. The number of hydrogen-bond acceptors (Lipinski definition) is 2. The zero-order valence-electron chi connectivity index (χ0n) is 10.0. The summed E-state index contributed by atoms with van der Waals surface area (Å²) in [6.07, 6.45) is 6.50. The van der Waals surface area contributed by atoms with Crippen molar-refractivity contribution in [3.63, 3.8) is 0 Å². The molecule has 3 atom stereocenters. The molecule has 2 saturated carbocycles. The Balaban J connectivity index is 1.75. The normalized spacial score (nSPS) is 33.9. The van der Waals surface area contributed by atoms with Gasteiger partial charge in [-0.25, -0.2) is 0 Å². The van der Waals surface area contributed by atoms with Crippen LogP contribution in [0, 0.1) is 17.8 Å². The van der Waals surface area contributed by atoms with E-state index in [0.717, 1.165) is 24.3 Å². The molecule has 0 aromatic heterocycles. The standard InChI is InChI=1S/C13H23NO/c1-3-13(15)9-14(2)8-12-7-10-4-5-11(12)6-10/h10-12H,3-9H2,1-2H3. The number of carbonyl (C=O) groups excluding carboxylic acids is 1. The third-order valence-corrected chi connectivity index (χ3v) is 4.27. The molecule has 0 saturated heterocycles. The van der Waals surface area contributed by atoms with Gasteiger partial charge in [-0.15, -0.1) is 0 Å².